The third-order valence-corrected chi connectivity index (χ3v) is 4.49. The zero-order chi connectivity index (χ0) is 15.1. The second kappa shape index (κ2) is 5.44. The summed E-state index contributed by atoms with van der Waals surface area (Å²) in [6.45, 7) is 4.19. The molecule has 1 fully saturated rings. The lowest BCUT2D eigenvalue weighted by Crippen LogP contribution is -2.51. The average Bonchev–Trinajstić information content (AvgIpc) is 2.82. The molecule has 2 aromatic rings. The number of hydrogen-bond acceptors (Lipinski definition) is 2. The lowest BCUT2D eigenvalue weighted by atomic mass is 10.00. The topological polar surface area (TPSA) is 21.1 Å². The Balaban J connectivity index is 2.26. The van der Waals surface area contributed by atoms with Crippen LogP contribution in [0.15, 0.2) is 12.1 Å². The molecule has 1 aliphatic rings. The Bertz CT molecular complexity index is 660. The molecule has 1 saturated heterocycles. The van der Waals surface area contributed by atoms with E-state index in [1.807, 2.05) is 0 Å². The maximum atomic E-state index is 14.3. The Kier molecular flexibility index (Phi) is 3.78. The van der Waals surface area contributed by atoms with E-state index in [1.54, 1.807) is 4.68 Å². The lowest BCUT2D eigenvalue weighted by molar-refractivity contribution is 0.335. The highest BCUT2D eigenvalue weighted by Gasteiger charge is 2.29. The monoisotopic (exact) mass is 313 g/mol. The number of imidazole rings is 1. The normalized spacial score (nSPS) is 23.0. The van der Waals surface area contributed by atoms with E-state index >= 15 is 0 Å². The van der Waals surface area contributed by atoms with Gasteiger partial charge in [-0.25, -0.2) is 18.4 Å². The van der Waals surface area contributed by atoms with Gasteiger partial charge < -0.3 is 5.01 Å². The maximum Gasteiger partial charge on any atom is 0.186 e. The number of alkyl halides is 1. The Morgan fingerprint density at radius 3 is 2.52 bits per heavy atom. The Labute approximate surface area is 127 Å². The molecule has 0 aliphatic carbocycles. The molecule has 1 aliphatic heterocycles. The highest BCUT2D eigenvalue weighted by Crippen LogP contribution is 2.28. The molecule has 21 heavy (non-hydrogen) atoms. The summed E-state index contributed by atoms with van der Waals surface area (Å²) < 4.78 is 29.6. The number of hydrogen-bond donors (Lipinski definition) is 0. The van der Waals surface area contributed by atoms with Gasteiger partial charge in [0.25, 0.3) is 0 Å². The van der Waals surface area contributed by atoms with Crippen molar-refractivity contribution in [2.45, 2.75) is 51.1 Å². The van der Waals surface area contributed by atoms with Gasteiger partial charge in [-0.1, -0.05) is 0 Å². The first-order chi connectivity index (χ1) is 10.0. The van der Waals surface area contributed by atoms with E-state index in [-0.39, 0.29) is 23.5 Å². The third-order valence-electron chi connectivity index (χ3n) is 4.25. The first-order valence-electron chi connectivity index (χ1n) is 7.24. The van der Waals surface area contributed by atoms with E-state index < -0.39 is 11.6 Å². The van der Waals surface area contributed by atoms with Gasteiger partial charge in [0, 0.05) is 12.1 Å². The van der Waals surface area contributed by atoms with Gasteiger partial charge in [-0.15, -0.1) is 11.6 Å². The quantitative estimate of drug-likeness (QED) is 0.783. The largest absolute Gasteiger partial charge is 0.305 e. The van der Waals surface area contributed by atoms with Gasteiger partial charge in [0.15, 0.2) is 11.6 Å². The molecule has 2 atom stereocenters. The van der Waals surface area contributed by atoms with Crippen LogP contribution in [0.1, 0.15) is 38.9 Å². The summed E-state index contributed by atoms with van der Waals surface area (Å²) in [5, 5.41) is 2.08. The molecular weight excluding hydrogens is 296 g/mol. The molecule has 2 heterocycles. The fraction of sp³-hybridized carbons (Fsp3) is 0.533. The molecule has 3 rings (SSSR count). The van der Waals surface area contributed by atoms with E-state index in [0.717, 1.165) is 25.3 Å². The van der Waals surface area contributed by atoms with Crippen LogP contribution in [0.4, 0.5) is 8.78 Å². The van der Waals surface area contributed by atoms with Crippen LogP contribution in [0.2, 0.25) is 0 Å². The third kappa shape index (κ3) is 2.27. The smallest absolute Gasteiger partial charge is 0.186 e. The lowest BCUT2D eigenvalue weighted by Gasteiger charge is -2.42. The summed E-state index contributed by atoms with van der Waals surface area (Å²) in [5.41, 5.74) is 0.626. The van der Waals surface area contributed by atoms with Gasteiger partial charge in [-0.3, -0.25) is 0 Å². The van der Waals surface area contributed by atoms with Crippen LogP contribution in [0.5, 0.6) is 0 Å². The van der Waals surface area contributed by atoms with E-state index in [1.165, 1.54) is 6.07 Å². The molecule has 0 spiro atoms. The van der Waals surface area contributed by atoms with Crippen molar-refractivity contribution in [2.24, 2.45) is 0 Å². The molecule has 0 bridgehead atoms. The highest BCUT2D eigenvalue weighted by atomic mass is 35.5. The van der Waals surface area contributed by atoms with Crippen LogP contribution in [-0.4, -0.2) is 21.7 Å². The van der Waals surface area contributed by atoms with Crippen molar-refractivity contribution >= 4 is 22.6 Å². The van der Waals surface area contributed by atoms with Crippen LogP contribution >= 0.6 is 11.6 Å². The van der Waals surface area contributed by atoms with Crippen molar-refractivity contribution in [3.63, 3.8) is 0 Å². The fourth-order valence-electron chi connectivity index (χ4n) is 3.27. The highest BCUT2D eigenvalue weighted by molar-refractivity contribution is 6.16. The number of benzene rings is 1. The molecular formula is C15H18ClF2N3. The molecule has 1 aromatic carbocycles. The molecule has 114 valence electrons. The molecule has 0 radical (unpaired) electrons. The summed E-state index contributed by atoms with van der Waals surface area (Å²) in [4.78, 5) is 4.36. The molecule has 0 N–H and O–H groups in total. The summed E-state index contributed by atoms with van der Waals surface area (Å²) >= 11 is 5.98. The number of nitrogens with zero attached hydrogens (tertiary/aromatic N) is 3. The first kappa shape index (κ1) is 14.6. The van der Waals surface area contributed by atoms with Crippen molar-refractivity contribution in [2.75, 3.05) is 5.01 Å². The summed E-state index contributed by atoms with van der Waals surface area (Å²) in [6.07, 6.45) is 3.17. The van der Waals surface area contributed by atoms with Crippen molar-refractivity contribution in [3.8, 4) is 0 Å². The van der Waals surface area contributed by atoms with Crippen molar-refractivity contribution in [3.05, 3.63) is 29.6 Å². The van der Waals surface area contributed by atoms with Crippen molar-refractivity contribution in [1.82, 2.24) is 9.66 Å². The van der Waals surface area contributed by atoms with Gasteiger partial charge in [-0.05, 0) is 45.2 Å². The zero-order valence-electron chi connectivity index (χ0n) is 12.1. The van der Waals surface area contributed by atoms with Crippen LogP contribution in [0.25, 0.3) is 11.0 Å². The molecule has 0 amide bonds. The summed E-state index contributed by atoms with van der Waals surface area (Å²) in [6, 6.07) is 3.07. The molecule has 2 unspecified atom stereocenters. The molecule has 0 saturated carbocycles. The van der Waals surface area contributed by atoms with E-state index in [4.69, 9.17) is 11.6 Å². The summed E-state index contributed by atoms with van der Waals surface area (Å²) in [5.74, 6) is -1.01. The number of aromatic nitrogens is 2. The fourth-order valence-corrected chi connectivity index (χ4v) is 3.45. The minimum atomic E-state index is -0.860. The number of halogens is 3. The standard InChI is InChI=1S/C15H18ClF2N3/c1-9-4-3-5-10(2)20(9)21-13(8-16)19-12-7-6-11(17)14(18)15(12)21/h6-7,9-10H,3-5,8H2,1-2H3. The van der Waals surface area contributed by atoms with Crippen LogP contribution in [-0.2, 0) is 5.88 Å². The summed E-state index contributed by atoms with van der Waals surface area (Å²) in [7, 11) is 0. The van der Waals surface area contributed by atoms with Crippen molar-refractivity contribution in [1.29, 1.82) is 0 Å². The minimum Gasteiger partial charge on any atom is -0.305 e. The second-order valence-corrected chi connectivity index (χ2v) is 5.98. The Morgan fingerprint density at radius 2 is 1.90 bits per heavy atom. The molecule has 1 aromatic heterocycles. The molecule has 6 heteroatoms. The van der Waals surface area contributed by atoms with Gasteiger partial charge in [-0.2, -0.15) is 0 Å². The van der Waals surface area contributed by atoms with Gasteiger partial charge in [0.05, 0.1) is 11.4 Å². The van der Waals surface area contributed by atoms with E-state index in [9.17, 15) is 8.78 Å². The van der Waals surface area contributed by atoms with Crippen LogP contribution in [0, 0.1) is 11.6 Å². The Hall–Kier alpha value is -1.36. The van der Waals surface area contributed by atoms with Crippen LogP contribution < -0.4 is 5.01 Å². The average molecular weight is 314 g/mol. The Morgan fingerprint density at radius 1 is 1.24 bits per heavy atom. The van der Waals surface area contributed by atoms with Gasteiger partial charge >= 0.3 is 0 Å². The minimum absolute atomic E-state index is 0.158. The van der Waals surface area contributed by atoms with Crippen molar-refractivity contribution < 1.29 is 8.78 Å². The van der Waals surface area contributed by atoms with Gasteiger partial charge in [0.1, 0.15) is 11.3 Å². The number of piperidine rings is 1. The SMILES string of the molecule is CC1CCCC(C)N1n1c(CCl)nc2ccc(F)c(F)c21. The second-order valence-electron chi connectivity index (χ2n) is 5.71. The van der Waals surface area contributed by atoms with E-state index in [0.29, 0.717) is 11.3 Å². The number of rotatable bonds is 2. The van der Waals surface area contributed by atoms with Gasteiger partial charge in [0.2, 0.25) is 0 Å². The predicted octanol–water partition coefficient (Wildman–Crippen LogP) is 3.95. The van der Waals surface area contributed by atoms with Crippen LogP contribution in [0.3, 0.4) is 0 Å². The predicted molar refractivity (Wildman–Crippen MR) is 80.2 cm³/mol. The zero-order valence-corrected chi connectivity index (χ0v) is 12.9. The van der Waals surface area contributed by atoms with E-state index in [2.05, 4.69) is 23.8 Å². The first-order valence-corrected chi connectivity index (χ1v) is 7.78. The maximum absolute atomic E-state index is 14.3. The molecule has 3 nitrogen and oxygen atoms in total. The number of fused-ring (bicyclic) bond motifs is 1.